The molecule has 0 bridgehead atoms. The van der Waals surface area contributed by atoms with Crippen LogP contribution in [0.3, 0.4) is 0 Å². The average molecular weight is 720 g/mol. The van der Waals surface area contributed by atoms with E-state index in [-0.39, 0.29) is 11.7 Å². The van der Waals surface area contributed by atoms with Gasteiger partial charge in [0.15, 0.2) is 5.78 Å². The van der Waals surface area contributed by atoms with Gasteiger partial charge in [-0.1, -0.05) is 55.3 Å². The maximum Gasteiger partial charge on any atom is 0.328 e. The molecule has 15 heteroatoms. The third kappa shape index (κ3) is 14.7. The van der Waals surface area contributed by atoms with Crippen molar-refractivity contribution in [2.24, 2.45) is 0 Å². The van der Waals surface area contributed by atoms with E-state index in [9.17, 15) is 28.8 Å². The van der Waals surface area contributed by atoms with E-state index in [1.54, 1.807) is 0 Å². The Kier molecular flexibility index (Phi) is 16.9. The zero-order valence-electron chi connectivity index (χ0n) is 28.9. The number of amides is 1. The number of aryl methyl sites for hydroxylation is 1. The number of para-hydroxylation sites is 2. The Labute approximate surface area is 301 Å². The maximum atomic E-state index is 12.8. The van der Waals surface area contributed by atoms with Gasteiger partial charge in [-0.2, -0.15) is 0 Å². The lowest BCUT2D eigenvalue weighted by atomic mass is 10.1. The van der Waals surface area contributed by atoms with Gasteiger partial charge in [0.1, 0.15) is 5.82 Å². The third-order valence-corrected chi connectivity index (χ3v) is 8.28. The molecule has 0 atom stereocenters. The number of likely N-dealkylation sites (tertiary alicyclic amines) is 1. The number of carbonyl (C=O) groups excluding carboxylic acids is 2. The number of fused-ring (bicyclic) bond motifs is 1. The van der Waals surface area contributed by atoms with Crippen LogP contribution in [-0.2, 0) is 37.1 Å². The topological polar surface area (TPSA) is 211 Å². The summed E-state index contributed by atoms with van der Waals surface area (Å²) < 4.78 is 2.21. The zero-order chi connectivity index (χ0) is 37.9. The largest absolute Gasteiger partial charge is 0.478 e. The monoisotopic (exact) mass is 719 g/mol. The highest BCUT2D eigenvalue weighted by atomic mass is 16.4. The summed E-state index contributed by atoms with van der Waals surface area (Å²) in [5.41, 5.74) is 2.81. The molecule has 3 aromatic rings. The number of imidazole rings is 1. The quantitative estimate of drug-likeness (QED) is 0.157. The number of piperazine rings is 1. The second-order valence-corrected chi connectivity index (χ2v) is 12.1. The number of aromatic nitrogens is 2. The van der Waals surface area contributed by atoms with Gasteiger partial charge >= 0.3 is 23.9 Å². The van der Waals surface area contributed by atoms with Crippen molar-refractivity contribution < 1.29 is 49.2 Å². The lowest BCUT2D eigenvalue weighted by molar-refractivity contribution is -0.134. The Hall–Kier alpha value is -5.67. The molecule has 1 amide bonds. The van der Waals surface area contributed by atoms with Gasteiger partial charge in [0.2, 0.25) is 5.91 Å². The molecule has 0 radical (unpaired) electrons. The molecule has 15 nitrogen and oxygen atoms in total. The summed E-state index contributed by atoms with van der Waals surface area (Å²) in [6.07, 6.45) is 7.44. The Morgan fingerprint density at radius 1 is 0.615 bits per heavy atom. The number of carboxylic acid groups (broad SMARTS) is 4. The SMILES string of the molecule is O=C(CCn1c(CN2CCN(CC(=O)N3CCCCCC3)CC2)nc2ccccc21)c1ccccc1.O=C(O)/C=C/C(=O)O.O=C(O)/C=C/C(=O)O. The molecule has 3 heterocycles. The minimum Gasteiger partial charge on any atom is -0.478 e. The summed E-state index contributed by atoms with van der Waals surface area (Å²) in [5, 5.41) is 31.2. The molecule has 2 aliphatic heterocycles. The highest BCUT2D eigenvalue weighted by molar-refractivity contribution is 5.96. The normalized spacial score (nSPS) is 15.3. The molecule has 2 aliphatic rings. The number of hydrogen-bond donors (Lipinski definition) is 4. The van der Waals surface area contributed by atoms with Crippen LogP contribution < -0.4 is 0 Å². The van der Waals surface area contributed by atoms with Crippen molar-refractivity contribution in [2.45, 2.75) is 45.2 Å². The number of rotatable bonds is 12. The van der Waals surface area contributed by atoms with Crippen LogP contribution in [0, 0.1) is 0 Å². The molecule has 5 rings (SSSR count). The highest BCUT2D eigenvalue weighted by Gasteiger charge is 2.24. The molecule has 1 aromatic heterocycles. The van der Waals surface area contributed by atoms with E-state index in [4.69, 9.17) is 25.4 Å². The van der Waals surface area contributed by atoms with Gasteiger partial charge < -0.3 is 29.9 Å². The molecular formula is C37H45N5O10. The Morgan fingerprint density at radius 2 is 1.12 bits per heavy atom. The minimum absolute atomic E-state index is 0.155. The van der Waals surface area contributed by atoms with Crippen molar-refractivity contribution in [1.29, 1.82) is 0 Å². The lowest BCUT2D eigenvalue weighted by Gasteiger charge is -2.35. The van der Waals surface area contributed by atoms with Crippen LogP contribution in [0.4, 0.5) is 0 Å². The summed E-state index contributed by atoms with van der Waals surface area (Å²) in [7, 11) is 0. The van der Waals surface area contributed by atoms with E-state index in [0.717, 1.165) is 81.1 Å². The van der Waals surface area contributed by atoms with E-state index in [1.165, 1.54) is 12.8 Å². The number of ketones is 1. The number of benzene rings is 2. The van der Waals surface area contributed by atoms with E-state index >= 15 is 0 Å². The van der Waals surface area contributed by atoms with Gasteiger partial charge in [0, 0.05) is 82.1 Å². The summed E-state index contributed by atoms with van der Waals surface area (Å²) in [5.74, 6) is -3.58. The second kappa shape index (κ2) is 21.5. The van der Waals surface area contributed by atoms with E-state index < -0.39 is 23.9 Å². The first-order chi connectivity index (χ1) is 24.9. The maximum absolute atomic E-state index is 12.8. The number of carbonyl (C=O) groups is 6. The molecule has 0 spiro atoms. The number of carboxylic acids is 4. The van der Waals surface area contributed by atoms with Crippen LogP contribution in [0.1, 0.15) is 48.3 Å². The molecule has 4 N–H and O–H groups in total. The van der Waals surface area contributed by atoms with Gasteiger partial charge in [-0.05, 0) is 25.0 Å². The standard InChI is InChI=1S/C29H37N5O2.2C4H4O4/c35-27(24-10-4-3-5-11-24)14-17-34-26-13-7-6-12-25(26)30-28(34)22-31-18-20-32(21-19-31)23-29(36)33-15-8-1-2-9-16-33;2*5-3(6)1-2-4(7)8/h3-7,10-13H,1-2,8-9,14-23H2;2*1-2H,(H,5,6)(H,7,8)/b;2*2-1+. The van der Waals surface area contributed by atoms with Crippen LogP contribution in [0.15, 0.2) is 78.9 Å². The molecular weight excluding hydrogens is 674 g/mol. The predicted octanol–water partition coefficient (Wildman–Crippen LogP) is 3.25. The van der Waals surface area contributed by atoms with Crippen molar-refractivity contribution in [1.82, 2.24) is 24.3 Å². The zero-order valence-corrected chi connectivity index (χ0v) is 28.9. The third-order valence-electron chi connectivity index (χ3n) is 8.28. The van der Waals surface area contributed by atoms with Gasteiger partial charge in [0.05, 0.1) is 24.1 Å². The smallest absolute Gasteiger partial charge is 0.328 e. The fraction of sp³-hybridized carbons (Fsp3) is 0.378. The summed E-state index contributed by atoms with van der Waals surface area (Å²) in [4.78, 5) is 75.5. The lowest BCUT2D eigenvalue weighted by Crippen LogP contribution is -2.50. The fourth-order valence-electron chi connectivity index (χ4n) is 5.68. The highest BCUT2D eigenvalue weighted by Crippen LogP contribution is 2.20. The van der Waals surface area contributed by atoms with Crippen molar-refractivity contribution in [3.63, 3.8) is 0 Å². The fourth-order valence-corrected chi connectivity index (χ4v) is 5.68. The van der Waals surface area contributed by atoms with Crippen molar-refractivity contribution in [3.05, 3.63) is 90.3 Å². The second-order valence-electron chi connectivity index (χ2n) is 12.1. The molecule has 0 aliphatic carbocycles. The molecule has 0 saturated carbocycles. The first-order valence-electron chi connectivity index (χ1n) is 17.0. The van der Waals surface area contributed by atoms with Crippen molar-refractivity contribution in [2.75, 3.05) is 45.8 Å². The molecule has 52 heavy (non-hydrogen) atoms. The van der Waals surface area contributed by atoms with E-state index in [1.807, 2.05) is 48.5 Å². The average Bonchev–Trinajstić information content (AvgIpc) is 3.26. The van der Waals surface area contributed by atoms with Gasteiger partial charge in [-0.3, -0.25) is 19.4 Å². The van der Waals surface area contributed by atoms with Crippen LogP contribution in [0.5, 0.6) is 0 Å². The number of nitrogens with zero attached hydrogens (tertiary/aromatic N) is 5. The number of hydrogen-bond acceptors (Lipinski definition) is 9. The van der Waals surface area contributed by atoms with Crippen LogP contribution >= 0.6 is 0 Å². The first kappa shape index (κ1) is 40.8. The Balaban J connectivity index is 0.000000380. The molecule has 278 valence electrons. The molecule has 2 saturated heterocycles. The summed E-state index contributed by atoms with van der Waals surface area (Å²) >= 11 is 0. The van der Waals surface area contributed by atoms with Crippen LogP contribution in [0.25, 0.3) is 11.0 Å². The summed E-state index contributed by atoms with van der Waals surface area (Å²) in [6.45, 7) is 7.37. The first-order valence-corrected chi connectivity index (χ1v) is 17.0. The van der Waals surface area contributed by atoms with Crippen molar-refractivity contribution in [3.8, 4) is 0 Å². The van der Waals surface area contributed by atoms with Crippen LogP contribution in [-0.4, -0.2) is 126 Å². The van der Waals surface area contributed by atoms with Crippen molar-refractivity contribution >= 4 is 46.6 Å². The van der Waals surface area contributed by atoms with E-state index in [0.29, 0.717) is 43.8 Å². The minimum atomic E-state index is -1.26. The molecule has 2 aromatic carbocycles. The number of aliphatic carboxylic acids is 4. The Morgan fingerprint density at radius 3 is 1.65 bits per heavy atom. The Bertz CT molecular complexity index is 1650. The van der Waals surface area contributed by atoms with Gasteiger partial charge in [-0.15, -0.1) is 0 Å². The molecule has 0 unspecified atom stereocenters. The number of Topliss-reactive ketones (excluding diaryl/α,β-unsaturated/α-hetero) is 1. The molecule has 2 fully saturated rings. The van der Waals surface area contributed by atoms with Gasteiger partial charge in [0.25, 0.3) is 0 Å². The van der Waals surface area contributed by atoms with Crippen LogP contribution in [0.2, 0.25) is 0 Å². The summed E-state index contributed by atoms with van der Waals surface area (Å²) in [6, 6.07) is 17.7. The van der Waals surface area contributed by atoms with E-state index in [2.05, 4.69) is 25.3 Å². The predicted molar refractivity (Wildman–Crippen MR) is 191 cm³/mol. The van der Waals surface area contributed by atoms with Gasteiger partial charge in [-0.25, -0.2) is 24.2 Å².